The van der Waals surface area contributed by atoms with Crippen molar-refractivity contribution in [2.24, 2.45) is 0 Å². The Balaban J connectivity index is 2.68. The Labute approximate surface area is 120 Å². The standard InChI is InChI=1S/C13H17BrN2O3/c1-3-8-13(2,11(17)18)16-12(19)15-10-6-4-9(14)5-7-10/h4-7H,3,8H2,1-2H3,(H,17,18)(H2,15,16,19). The summed E-state index contributed by atoms with van der Waals surface area (Å²) in [6.45, 7) is 3.37. The van der Waals surface area contributed by atoms with Gasteiger partial charge in [-0.2, -0.15) is 0 Å². The van der Waals surface area contributed by atoms with E-state index < -0.39 is 17.5 Å². The fraction of sp³-hybridized carbons (Fsp3) is 0.385. The second kappa shape index (κ2) is 6.56. The van der Waals surface area contributed by atoms with Gasteiger partial charge in [-0.1, -0.05) is 29.3 Å². The van der Waals surface area contributed by atoms with Crippen molar-refractivity contribution in [1.82, 2.24) is 5.32 Å². The number of aliphatic carboxylic acids is 1. The molecule has 0 fully saturated rings. The van der Waals surface area contributed by atoms with Crippen LogP contribution in [0.15, 0.2) is 28.7 Å². The Morgan fingerprint density at radius 2 is 1.89 bits per heavy atom. The minimum atomic E-state index is -1.26. The van der Waals surface area contributed by atoms with Gasteiger partial charge in [0.15, 0.2) is 0 Å². The molecule has 1 aromatic carbocycles. The minimum Gasteiger partial charge on any atom is -0.480 e. The second-order valence-corrected chi connectivity index (χ2v) is 5.39. The molecule has 0 radical (unpaired) electrons. The number of anilines is 1. The third-order valence-electron chi connectivity index (χ3n) is 2.71. The van der Waals surface area contributed by atoms with Crippen LogP contribution in [0.3, 0.4) is 0 Å². The van der Waals surface area contributed by atoms with Crippen LogP contribution in [-0.2, 0) is 4.79 Å². The predicted octanol–water partition coefficient (Wildman–Crippen LogP) is 3.21. The molecule has 6 heteroatoms. The topological polar surface area (TPSA) is 78.4 Å². The fourth-order valence-corrected chi connectivity index (χ4v) is 1.93. The third-order valence-corrected chi connectivity index (χ3v) is 3.24. The third kappa shape index (κ3) is 4.55. The molecule has 1 atom stereocenters. The van der Waals surface area contributed by atoms with Gasteiger partial charge in [0.25, 0.3) is 0 Å². The number of halogens is 1. The zero-order valence-electron chi connectivity index (χ0n) is 10.9. The highest BCUT2D eigenvalue weighted by Crippen LogP contribution is 2.16. The summed E-state index contributed by atoms with van der Waals surface area (Å²) in [6.07, 6.45) is 1.04. The van der Waals surface area contributed by atoms with Crippen LogP contribution in [0.5, 0.6) is 0 Å². The monoisotopic (exact) mass is 328 g/mol. The lowest BCUT2D eigenvalue weighted by atomic mass is 9.97. The summed E-state index contributed by atoms with van der Waals surface area (Å²) in [5.41, 5.74) is -0.654. The summed E-state index contributed by atoms with van der Waals surface area (Å²) >= 11 is 3.29. The Morgan fingerprint density at radius 1 is 1.32 bits per heavy atom. The summed E-state index contributed by atoms with van der Waals surface area (Å²) < 4.78 is 0.903. The summed E-state index contributed by atoms with van der Waals surface area (Å²) in [5.74, 6) is -1.04. The van der Waals surface area contributed by atoms with E-state index in [4.69, 9.17) is 5.11 Å². The quantitative estimate of drug-likeness (QED) is 0.776. The minimum absolute atomic E-state index is 0.371. The molecule has 1 unspecified atom stereocenters. The number of hydrogen-bond donors (Lipinski definition) is 3. The van der Waals surface area contributed by atoms with Crippen molar-refractivity contribution in [3.8, 4) is 0 Å². The second-order valence-electron chi connectivity index (χ2n) is 4.47. The molecule has 0 saturated carbocycles. The number of rotatable bonds is 5. The number of hydrogen-bond acceptors (Lipinski definition) is 2. The average molecular weight is 329 g/mol. The Kier molecular flexibility index (Phi) is 5.35. The van der Waals surface area contributed by atoms with Crippen LogP contribution in [-0.4, -0.2) is 22.6 Å². The number of urea groups is 1. The molecule has 0 aliphatic heterocycles. The van der Waals surface area contributed by atoms with Gasteiger partial charge in [-0.05, 0) is 37.6 Å². The number of benzene rings is 1. The number of carbonyl (C=O) groups excluding carboxylic acids is 1. The van der Waals surface area contributed by atoms with Crippen molar-refractivity contribution in [1.29, 1.82) is 0 Å². The summed E-state index contributed by atoms with van der Waals surface area (Å²) in [6, 6.07) is 6.50. The van der Waals surface area contributed by atoms with Gasteiger partial charge in [-0.3, -0.25) is 0 Å². The number of carboxylic acids is 1. The highest BCUT2D eigenvalue weighted by atomic mass is 79.9. The molecular formula is C13H17BrN2O3. The lowest BCUT2D eigenvalue weighted by Crippen LogP contribution is -2.53. The van der Waals surface area contributed by atoms with Crippen LogP contribution in [0.25, 0.3) is 0 Å². The highest BCUT2D eigenvalue weighted by molar-refractivity contribution is 9.10. The number of carboxylic acid groups (broad SMARTS) is 1. The van der Waals surface area contributed by atoms with E-state index in [0.717, 1.165) is 4.47 Å². The van der Waals surface area contributed by atoms with Crippen molar-refractivity contribution in [2.45, 2.75) is 32.2 Å². The Bertz CT molecular complexity index is 461. The average Bonchev–Trinajstić information content (AvgIpc) is 2.32. The molecular weight excluding hydrogens is 312 g/mol. The molecule has 0 aliphatic rings. The van der Waals surface area contributed by atoms with Crippen LogP contribution in [0.1, 0.15) is 26.7 Å². The van der Waals surface area contributed by atoms with Gasteiger partial charge in [0.1, 0.15) is 5.54 Å². The molecule has 19 heavy (non-hydrogen) atoms. The van der Waals surface area contributed by atoms with Crippen molar-refractivity contribution in [3.05, 3.63) is 28.7 Å². The normalized spacial score (nSPS) is 13.4. The van der Waals surface area contributed by atoms with Gasteiger partial charge in [-0.25, -0.2) is 9.59 Å². The first-order valence-corrected chi connectivity index (χ1v) is 6.75. The lowest BCUT2D eigenvalue weighted by molar-refractivity contribution is -0.143. The van der Waals surface area contributed by atoms with Crippen molar-refractivity contribution < 1.29 is 14.7 Å². The van der Waals surface area contributed by atoms with E-state index in [1.807, 2.05) is 6.92 Å². The first-order valence-electron chi connectivity index (χ1n) is 5.95. The molecule has 0 bridgehead atoms. The molecule has 1 aromatic rings. The van der Waals surface area contributed by atoms with Gasteiger partial charge in [-0.15, -0.1) is 0 Å². The maximum absolute atomic E-state index is 11.8. The van der Waals surface area contributed by atoms with E-state index in [2.05, 4.69) is 26.6 Å². The van der Waals surface area contributed by atoms with Crippen LogP contribution in [0.2, 0.25) is 0 Å². The molecule has 0 saturated heterocycles. The summed E-state index contributed by atoms with van der Waals surface area (Å²) in [4.78, 5) is 23.0. The molecule has 1 rings (SSSR count). The predicted molar refractivity (Wildman–Crippen MR) is 77.2 cm³/mol. The summed E-state index contributed by atoms with van der Waals surface area (Å²) in [7, 11) is 0. The number of nitrogens with one attached hydrogen (secondary N) is 2. The van der Waals surface area contributed by atoms with E-state index in [1.165, 1.54) is 6.92 Å². The van der Waals surface area contributed by atoms with Gasteiger partial charge in [0, 0.05) is 10.2 Å². The molecule has 104 valence electrons. The maximum atomic E-state index is 11.8. The number of amides is 2. The Morgan fingerprint density at radius 3 is 2.37 bits per heavy atom. The molecule has 0 heterocycles. The zero-order valence-corrected chi connectivity index (χ0v) is 12.5. The molecule has 0 aliphatic carbocycles. The van der Waals surface area contributed by atoms with Crippen LogP contribution in [0, 0.1) is 0 Å². The van der Waals surface area contributed by atoms with Gasteiger partial charge < -0.3 is 15.7 Å². The molecule has 5 nitrogen and oxygen atoms in total. The van der Waals surface area contributed by atoms with Gasteiger partial charge >= 0.3 is 12.0 Å². The largest absolute Gasteiger partial charge is 0.480 e. The van der Waals surface area contributed by atoms with E-state index >= 15 is 0 Å². The van der Waals surface area contributed by atoms with E-state index in [-0.39, 0.29) is 0 Å². The Hall–Kier alpha value is -1.56. The van der Waals surface area contributed by atoms with Crippen molar-refractivity contribution in [2.75, 3.05) is 5.32 Å². The van der Waals surface area contributed by atoms with Crippen LogP contribution >= 0.6 is 15.9 Å². The first kappa shape index (κ1) is 15.5. The van der Waals surface area contributed by atoms with Crippen LogP contribution in [0.4, 0.5) is 10.5 Å². The molecule has 2 amide bonds. The smallest absolute Gasteiger partial charge is 0.329 e. The lowest BCUT2D eigenvalue weighted by Gasteiger charge is -2.25. The molecule has 3 N–H and O–H groups in total. The van der Waals surface area contributed by atoms with Crippen molar-refractivity contribution in [3.63, 3.8) is 0 Å². The maximum Gasteiger partial charge on any atom is 0.329 e. The van der Waals surface area contributed by atoms with Gasteiger partial charge in [0.05, 0.1) is 0 Å². The van der Waals surface area contributed by atoms with Gasteiger partial charge in [0.2, 0.25) is 0 Å². The number of carbonyl (C=O) groups is 2. The zero-order chi connectivity index (χ0) is 14.5. The highest BCUT2D eigenvalue weighted by Gasteiger charge is 2.33. The summed E-state index contributed by atoms with van der Waals surface area (Å²) in [5, 5.41) is 14.3. The van der Waals surface area contributed by atoms with E-state index in [9.17, 15) is 9.59 Å². The fourth-order valence-electron chi connectivity index (χ4n) is 1.67. The SMILES string of the molecule is CCCC(C)(NC(=O)Nc1ccc(Br)cc1)C(=O)O. The molecule has 0 spiro atoms. The van der Waals surface area contributed by atoms with E-state index in [1.54, 1.807) is 24.3 Å². The van der Waals surface area contributed by atoms with E-state index in [0.29, 0.717) is 18.5 Å². The molecule has 0 aromatic heterocycles. The van der Waals surface area contributed by atoms with Crippen molar-refractivity contribution >= 4 is 33.6 Å². The van der Waals surface area contributed by atoms with Crippen LogP contribution < -0.4 is 10.6 Å². The first-order chi connectivity index (χ1) is 8.87.